The van der Waals surface area contributed by atoms with Crippen molar-refractivity contribution in [3.63, 3.8) is 0 Å². The van der Waals surface area contributed by atoms with E-state index in [1.165, 1.54) is 18.2 Å². The summed E-state index contributed by atoms with van der Waals surface area (Å²) in [5.41, 5.74) is 2.01. The van der Waals surface area contributed by atoms with Gasteiger partial charge in [0.15, 0.2) is 0 Å². The number of aryl methyl sites for hydroxylation is 1. The molecule has 4 rings (SSSR count). The summed E-state index contributed by atoms with van der Waals surface area (Å²) in [6.45, 7) is 4.45. The number of hydrogen-bond donors (Lipinski definition) is 1. The number of fused-ring (bicyclic) bond motifs is 1. The van der Waals surface area contributed by atoms with E-state index in [-0.39, 0.29) is 11.9 Å². The van der Waals surface area contributed by atoms with Crippen molar-refractivity contribution in [1.82, 2.24) is 4.90 Å². The molecule has 0 aliphatic carbocycles. The lowest BCUT2D eigenvalue weighted by atomic mass is 9.95. The molecule has 7 heteroatoms. The third-order valence-corrected chi connectivity index (χ3v) is 5.60. The maximum atomic E-state index is 13.1. The van der Waals surface area contributed by atoms with Crippen molar-refractivity contribution in [3.8, 4) is 0 Å². The molecule has 0 radical (unpaired) electrons. The van der Waals surface area contributed by atoms with Crippen LogP contribution in [0.1, 0.15) is 17.5 Å². The first-order chi connectivity index (χ1) is 13.4. The highest BCUT2D eigenvalue weighted by Gasteiger charge is 2.32. The number of piperazine rings is 1. The molecule has 0 spiro atoms. The van der Waals surface area contributed by atoms with Gasteiger partial charge in [0.25, 0.3) is 0 Å². The van der Waals surface area contributed by atoms with E-state index in [9.17, 15) is 17.6 Å². The maximum absolute atomic E-state index is 13.1. The number of nitrogens with one attached hydrogen (secondary N) is 1. The molecule has 1 N–H and O–H groups in total. The van der Waals surface area contributed by atoms with Gasteiger partial charge in [0.2, 0.25) is 0 Å². The molecule has 1 atom stereocenters. The van der Waals surface area contributed by atoms with Crippen LogP contribution in [0, 0.1) is 5.82 Å². The predicted molar refractivity (Wildman–Crippen MR) is 102 cm³/mol. The van der Waals surface area contributed by atoms with E-state index < -0.39 is 11.7 Å². The third-order valence-electron chi connectivity index (χ3n) is 5.60. The van der Waals surface area contributed by atoms with Gasteiger partial charge in [0.1, 0.15) is 5.82 Å². The minimum Gasteiger partial charge on any atom is -0.381 e. The summed E-state index contributed by atoms with van der Waals surface area (Å²) >= 11 is 0. The van der Waals surface area contributed by atoms with Crippen molar-refractivity contribution in [2.45, 2.75) is 25.1 Å². The molecule has 0 saturated carbocycles. The zero-order chi connectivity index (χ0) is 19.7. The Labute approximate surface area is 161 Å². The van der Waals surface area contributed by atoms with Crippen LogP contribution in [-0.2, 0) is 12.6 Å². The van der Waals surface area contributed by atoms with Gasteiger partial charge in [0, 0.05) is 50.1 Å². The monoisotopic (exact) mass is 393 g/mol. The molecule has 2 aliphatic heterocycles. The smallest absolute Gasteiger partial charge is 0.381 e. The fourth-order valence-electron chi connectivity index (χ4n) is 4.03. The Morgan fingerprint density at radius 1 is 0.964 bits per heavy atom. The zero-order valence-corrected chi connectivity index (χ0v) is 15.5. The van der Waals surface area contributed by atoms with Crippen LogP contribution < -0.4 is 10.2 Å². The second-order valence-electron chi connectivity index (χ2n) is 7.51. The second-order valence-corrected chi connectivity index (χ2v) is 7.51. The van der Waals surface area contributed by atoms with Crippen molar-refractivity contribution in [2.24, 2.45) is 0 Å². The van der Waals surface area contributed by atoms with Crippen LogP contribution in [0.4, 0.5) is 28.9 Å². The van der Waals surface area contributed by atoms with E-state index in [0.29, 0.717) is 6.42 Å². The van der Waals surface area contributed by atoms with Gasteiger partial charge in [-0.25, -0.2) is 4.39 Å². The molecule has 0 bridgehead atoms. The van der Waals surface area contributed by atoms with Crippen LogP contribution in [0.3, 0.4) is 0 Å². The molecular weight excluding hydrogens is 370 g/mol. The highest BCUT2D eigenvalue weighted by molar-refractivity contribution is 5.55. The Morgan fingerprint density at radius 3 is 2.36 bits per heavy atom. The molecule has 2 aromatic carbocycles. The first kappa shape index (κ1) is 19.1. The molecule has 0 aromatic heterocycles. The topological polar surface area (TPSA) is 18.5 Å². The van der Waals surface area contributed by atoms with Crippen molar-refractivity contribution in [2.75, 3.05) is 42.9 Å². The average molecular weight is 393 g/mol. The van der Waals surface area contributed by atoms with Gasteiger partial charge in [-0.15, -0.1) is 0 Å². The normalized spacial score (nSPS) is 20.6. The summed E-state index contributed by atoms with van der Waals surface area (Å²) in [4.78, 5) is 4.63. The van der Waals surface area contributed by atoms with Gasteiger partial charge < -0.3 is 10.2 Å². The molecule has 3 nitrogen and oxygen atoms in total. The number of benzene rings is 2. The van der Waals surface area contributed by atoms with Crippen molar-refractivity contribution >= 4 is 11.4 Å². The Kier molecular flexibility index (Phi) is 5.19. The highest BCUT2D eigenvalue weighted by Crippen LogP contribution is 2.34. The lowest BCUT2D eigenvalue weighted by molar-refractivity contribution is -0.137. The average Bonchev–Trinajstić information content (AvgIpc) is 2.68. The SMILES string of the molecule is Fc1ccc(N2CCN(C[C@@H]3CCc4cc(C(F)(F)F)ccc4N3)CC2)cc1. The van der Waals surface area contributed by atoms with E-state index in [1.807, 2.05) is 0 Å². The highest BCUT2D eigenvalue weighted by atomic mass is 19.4. The molecule has 28 heavy (non-hydrogen) atoms. The molecular formula is C21H23F4N3. The predicted octanol–water partition coefficient (Wildman–Crippen LogP) is 4.39. The van der Waals surface area contributed by atoms with Crippen molar-refractivity contribution in [3.05, 3.63) is 59.4 Å². The molecule has 150 valence electrons. The second kappa shape index (κ2) is 7.62. The van der Waals surface area contributed by atoms with Crippen LogP contribution in [0.25, 0.3) is 0 Å². The fourth-order valence-corrected chi connectivity index (χ4v) is 4.03. The standard InChI is InChI=1S/C21H23F4N3/c22-17-3-6-19(7-4-17)28-11-9-27(10-12-28)14-18-5-1-15-13-16(21(23,24)25)2-8-20(15)26-18/h2-4,6-8,13,18,26H,1,5,9-12,14H2/t18-/m0/s1. The summed E-state index contributed by atoms with van der Waals surface area (Å²) in [6, 6.07) is 10.8. The Hall–Kier alpha value is -2.28. The van der Waals surface area contributed by atoms with Gasteiger partial charge in [-0.1, -0.05) is 0 Å². The molecule has 0 amide bonds. The Morgan fingerprint density at radius 2 is 1.68 bits per heavy atom. The minimum absolute atomic E-state index is 0.228. The lowest BCUT2D eigenvalue weighted by Gasteiger charge is -2.39. The molecule has 1 fully saturated rings. The van der Waals surface area contributed by atoms with Gasteiger partial charge in [-0.3, -0.25) is 4.90 Å². The van der Waals surface area contributed by atoms with Crippen LogP contribution in [-0.4, -0.2) is 43.7 Å². The number of alkyl halides is 3. The summed E-state index contributed by atoms with van der Waals surface area (Å²) < 4.78 is 51.7. The Bertz CT molecular complexity index is 811. The van der Waals surface area contributed by atoms with E-state index in [4.69, 9.17) is 0 Å². The number of hydrogen-bond acceptors (Lipinski definition) is 3. The van der Waals surface area contributed by atoms with Crippen LogP contribution in [0.2, 0.25) is 0 Å². The molecule has 0 unspecified atom stereocenters. The number of rotatable bonds is 3. The summed E-state index contributed by atoms with van der Waals surface area (Å²) in [5.74, 6) is -0.228. The lowest BCUT2D eigenvalue weighted by Crippen LogP contribution is -2.50. The number of anilines is 2. The summed E-state index contributed by atoms with van der Waals surface area (Å²) in [7, 11) is 0. The fraction of sp³-hybridized carbons (Fsp3) is 0.429. The first-order valence-electron chi connectivity index (χ1n) is 9.58. The summed E-state index contributed by atoms with van der Waals surface area (Å²) in [5, 5.41) is 3.41. The van der Waals surface area contributed by atoms with Gasteiger partial charge >= 0.3 is 6.18 Å². The van der Waals surface area contributed by atoms with E-state index >= 15 is 0 Å². The molecule has 1 saturated heterocycles. The van der Waals surface area contributed by atoms with Crippen molar-refractivity contribution < 1.29 is 17.6 Å². The van der Waals surface area contributed by atoms with Crippen LogP contribution in [0.5, 0.6) is 0 Å². The quantitative estimate of drug-likeness (QED) is 0.781. The van der Waals surface area contributed by atoms with E-state index in [1.54, 1.807) is 18.2 Å². The van der Waals surface area contributed by atoms with Crippen molar-refractivity contribution in [1.29, 1.82) is 0 Å². The van der Waals surface area contributed by atoms with Crippen LogP contribution in [0.15, 0.2) is 42.5 Å². The molecule has 2 aliphatic rings. The molecule has 2 heterocycles. The first-order valence-corrected chi connectivity index (χ1v) is 9.58. The van der Waals surface area contributed by atoms with E-state index in [0.717, 1.165) is 62.1 Å². The van der Waals surface area contributed by atoms with Crippen LogP contribution >= 0.6 is 0 Å². The number of halogens is 4. The maximum Gasteiger partial charge on any atom is 0.416 e. The number of nitrogens with zero attached hydrogens (tertiary/aromatic N) is 2. The third kappa shape index (κ3) is 4.24. The van der Waals surface area contributed by atoms with Gasteiger partial charge in [-0.05, 0) is 60.9 Å². The van der Waals surface area contributed by atoms with Gasteiger partial charge in [0.05, 0.1) is 5.56 Å². The largest absolute Gasteiger partial charge is 0.416 e. The van der Waals surface area contributed by atoms with E-state index in [2.05, 4.69) is 15.1 Å². The minimum atomic E-state index is -4.30. The summed E-state index contributed by atoms with van der Waals surface area (Å²) in [6.07, 6.45) is -2.81. The Balaban J connectivity index is 1.31. The zero-order valence-electron chi connectivity index (χ0n) is 15.5. The van der Waals surface area contributed by atoms with Gasteiger partial charge in [-0.2, -0.15) is 13.2 Å². The molecule has 2 aromatic rings.